The summed E-state index contributed by atoms with van der Waals surface area (Å²) in [4.78, 5) is 1.36. The maximum atomic E-state index is 12.6. The van der Waals surface area contributed by atoms with E-state index in [2.05, 4.69) is 22.5 Å². The minimum Gasteiger partial charge on any atom is -0.376 e. The molecule has 0 spiro atoms. The molecule has 1 rings (SSSR count). The highest BCUT2D eigenvalue weighted by molar-refractivity contribution is 9.11. The van der Waals surface area contributed by atoms with Crippen molar-refractivity contribution in [1.82, 2.24) is 0 Å². The molecule has 0 radical (unpaired) electrons. The van der Waals surface area contributed by atoms with Crippen LogP contribution >= 0.6 is 28.1 Å². The molecule has 18 heavy (non-hydrogen) atoms. The number of anilines is 1. The van der Waals surface area contributed by atoms with Crippen molar-refractivity contribution in [1.29, 1.82) is 0 Å². The first-order valence-corrected chi connectivity index (χ1v) is 5.99. The molecule has 0 atom stereocenters. The molecule has 2 N–H and O–H groups in total. The van der Waals surface area contributed by atoms with E-state index in [1.54, 1.807) is 0 Å². The van der Waals surface area contributed by atoms with Gasteiger partial charge in [-0.25, -0.2) is 0 Å². The summed E-state index contributed by atoms with van der Waals surface area (Å²) in [5, 5.41) is -0.0186. The van der Waals surface area contributed by atoms with Gasteiger partial charge in [0.2, 0.25) is 0 Å². The fraction of sp³-hybridized carbons (Fsp3) is 0.182. The molecular weight excluding hydrogens is 329 g/mol. The van der Waals surface area contributed by atoms with Crippen LogP contribution in [0.3, 0.4) is 0 Å². The Morgan fingerprint density at radius 1 is 1.44 bits per heavy atom. The molecule has 2 nitrogen and oxygen atoms in total. The van der Waals surface area contributed by atoms with Crippen LogP contribution in [0.25, 0.3) is 0 Å². The van der Waals surface area contributed by atoms with E-state index in [9.17, 15) is 13.2 Å². The Balaban J connectivity index is 3.13. The van der Waals surface area contributed by atoms with Gasteiger partial charge in [0.1, 0.15) is 0 Å². The Kier molecular flexibility index (Phi) is 4.75. The van der Waals surface area contributed by atoms with Gasteiger partial charge in [0.15, 0.2) is 5.11 Å². The van der Waals surface area contributed by atoms with Crippen LogP contribution in [0.15, 0.2) is 35.3 Å². The predicted octanol–water partition coefficient (Wildman–Crippen LogP) is 3.66. The van der Waals surface area contributed by atoms with E-state index in [0.29, 0.717) is 4.48 Å². The van der Waals surface area contributed by atoms with Crippen molar-refractivity contribution in [3.05, 3.63) is 40.9 Å². The number of nitrogens with zero attached hydrogens (tertiary/aromatic N) is 1. The standard InChI is InChI=1S/C11H10BrF3N2S/c1-7(12)6-17(10(16)18)9-4-2-3-8(5-9)11(13,14)15/h2-5H,1,6H2,(H2,16,18). The van der Waals surface area contributed by atoms with Crippen LogP contribution in [0.1, 0.15) is 5.56 Å². The number of hydrogen-bond acceptors (Lipinski definition) is 1. The van der Waals surface area contributed by atoms with Crippen molar-refractivity contribution in [3.8, 4) is 0 Å². The van der Waals surface area contributed by atoms with Crippen molar-refractivity contribution in [3.63, 3.8) is 0 Å². The SMILES string of the molecule is C=C(Br)CN(C(N)=S)c1cccc(C(F)(F)F)c1. The van der Waals surface area contributed by atoms with E-state index in [4.69, 9.17) is 18.0 Å². The maximum Gasteiger partial charge on any atom is 0.416 e. The molecule has 1 aromatic rings. The van der Waals surface area contributed by atoms with Gasteiger partial charge in [0.25, 0.3) is 0 Å². The molecule has 7 heteroatoms. The maximum absolute atomic E-state index is 12.6. The lowest BCUT2D eigenvalue weighted by Crippen LogP contribution is -2.36. The summed E-state index contributed by atoms with van der Waals surface area (Å²) in [5.41, 5.74) is 5.02. The monoisotopic (exact) mass is 338 g/mol. The first kappa shape index (κ1) is 15.0. The molecule has 0 bridgehead atoms. The van der Waals surface area contributed by atoms with Gasteiger partial charge < -0.3 is 10.6 Å². The number of rotatable bonds is 3. The summed E-state index contributed by atoms with van der Waals surface area (Å²) in [5.74, 6) is 0. The zero-order valence-electron chi connectivity index (χ0n) is 9.17. The minimum absolute atomic E-state index is 0.0186. The second kappa shape index (κ2) is 5.71. The van der Waals surface area contributed by atoms with E-state index in [1.807, 2.05) is 0 Å². The van der Waals surface area contributed by atoms with Crippen LogP contribution in [0.4, 0.5) is 18.9 Å². The first-order valence-electron chi connectivity index (χ1n) is 4.79. The van der Waals surface area contributed by atoms with Gasteiger partial charge in [-0.3, -0.25) is 0 Å². The predicted molar refractivity (Wildman–Crippen MR) is 73.6 cm³/mol. The zero-order chi connectivity index (χ0) is 13.9. The summed E-state index contributed by atoms with van der Waals surface area (Å²) in [6, 6.07) is 4.80. The van der Waals surface area contributed by atoms with E-state index in [-0.39, 0.29) is 17.3 Å². The highest BCUT2D eigenvalue weighted by atomic mass is 79.9. The lowest BCUT2D eigenvalue weighted by atomic mass is 10.2. The van der Waals surface area contributed by atoms with Gasteiger partial charge in [-0.15, -0.1) is 0 Å². The van der Waals surface area contributed by atoms with Crippen LogP contribution in [-0.4, -0.2) is 11.7 Å². The molecule has 98 valence electrons. The lowest BCUT2D eigenvalue weighted by Gasteiger charge is -2.23. The zero-order valence-corrected chi connectivity index (χ0v) is 11.6. The average molecular weight is 339 g/mol. The fourth-order valence-corrected chi connectivity index (χ4v) is 1.74. The van der Waals surface area contributed by atoms with E-state index in [0.717, 1.165) is 12.1 Å². The van der Waals surface area contributed by atoms with Crippen LogP contribution in [0, 0.1) is 0 Å². The average Bonchev–Trinajstić information content (AvgIpc) is 2.24. The number of benzene rings is 1. The summed E-state index contributed by atoms with van der Waals surface area (Å²) in [6.07, 6.45) is -4.40. The third kappa shape index (κ3) is 3.99. The largest absolute Gasteiger partial charge is 0.416 e. The quantitative estimate of drug-likeness (QED) is 0.852. The summed E-state index contributed by atoms with van der Waals surface area (Å²) >= 11 is 7.94. The summed E-state index contributed by atoms with van der Waals surface area (Å²) in [7, 11) is 0. The van der Waals surface area contributed by atoms with Gasteiger partial charge in [-0.05, 0) is 30.4 Å². The fourth-order valence-electron chi connectivity index (χ4n) is 1.32. The van der Waals surface area contributed by atoms with Gasteiger partial charge in [0.05, 0.1) is 12.1 Å². The highest BCUT2D eigenvalue weighted by Gasteiger charge is 2.30. The molecule has 0 saturated carbocycles. The lowest BCUT2D eigenvalue weighted by molar-refractivity contribution is -0.137. The Morgan fingerprint density at radius 3 is 2.50 bits per heavy atom. The van der Waals surface area contributed by atoms with Crippen molar-refractivity contribution in [2.75, 3.05) is 11.4 Å². The molecule has 0 aliphatic carbocycles. The molecule has 0 saturated heterocycles. The first-order chi connectivity index (χ1) is 8.21. The molecule has 1 aromatic carbocycles. The van der Waals surface area contributed by atoms with E-state index < -0.39 is 11.7 Å². The van der Waals surface area contributed by atoms with Gasteiger partial charge >= 0.3 is 6.18 Å². The highest BCUT2D eigenvalue weighted by Crippen LogP contribution is 2.31. The summed E-state index contributed by atoms with van der Waals surface area (Å²) in [6.45, 7) is 3.82. The third-order valence-corrected chi connectivity index (χ3v) is 2.55. The number of thiocarbonyl (C=S) groups is 1. The van der Waals surface area contributed by atoms with Gasteiger partial charge in [-0.1, -0.05) is 28.6 Å². The van der Waals surface area contributed by atoms with Crippen LogP contribution in [0.2, 0.25) is 0 Å². The van der Waals surface area contributed by atoms with E-state index in [1.165, 1.54) is 17.0 Å². The topological polar surface area (TPSA) is 29.3 Å². The minimum atomic E-state index is -4.40. The van der Waals surface area contributed by atoms with Crippen molar-refractivity contribution in [2.45, 2.75) is 6.18 Å². The Hall–Kier alpha value is -1.08. The molecule has 0 aliphatic rings. The molecule has 0 amide bonds. The molecular formula is C11H10BrF3N2S. The smallest absolute Gasteiger partial charge is 0.376 e. The van der Waals surface area contributed by atoms with Crippen LogP contribution < -0.4 is 10.6 Å². The Bertz CT molecular complexity index is 474. The molecule has 0 fully saturated rings. The number of halogens is 4. The third-order valence-electron chi connectivity index (χ3n) is 2.08. The van der Waals surface area contributed by atoms with Crippen molar-refractivity contribution >= 4 is 38.9 Å². The van der Waals surface area contributed by atoms with Crippen molar-refractivity contribution in [2.24, 2.45) is 5.73 Å². The van der Waals surface area contributed by atoms with Crippen LogP contribution in [0.5, 0.6) is 0 Å². The molecule has 0 heterocycles. The normalized spacial score (nSPS) is 11.1. The summed E-state index contributed by atoms with van der Waals surface area (Å²) < 4.78 is 38.3. The van der Waals surface area contributed by atoms with E-state index >= 15 is 0 Å². The van der Waals surface area contributed by atoms with Gasteiger partial charge in [0, 0.05) is 10.2 Å². The van der Waals surface area contributed by atoms with Gasteiger partial charge in [-0.2, -0.15) is 13.2 Å². The van der Waals surface area contributed by atoms with Crippen molar-refractivity contribution < 1.29 is 13.2 Å². The second-order valence-corrected chi connectivity index (χ2v) is 5.03. The number of hydrogen-bond donors (Lipinski definition) is 1. The Morgan fingerprint density at radius 2 is 2.06 bits per heavy atom. The number of nitrogens with two attached hydrogens (primary N) is 1. The molecule has 0 unspecified atom stereocenters. The molecule has 0 aliphatic heterocycles. The number of alkyl halides is 3. The Labute approximate surface area is 116 Å². The molecule has 0 aromatic heterocycles. The second-order valence-electron chi connectivity index (χ2n) is 3.49. The van der Waals surface area contributed by atoms with Crippen LogP contribution in [-0.2, 0) is 6.18 Å².